The molecule has 30 heavy (non-hydrogen) atoms. The summed E-state index contributed by atoms with van der Waals surface area (Å²) in [6, 6.07) is 10.0. The van der Waals surface area contributed by atoms with Crippen LogP contribution in [-0.4, -0.2) is 26.0 Å². The average Bonchev–Trinajstić information content (AvgIpc) is 3.19. The van der Waals surface area contributed by atoms with Gasteiger partial charge in [0.15, 0.2) is 5.82 Å². The highest BCUT2D eigenvalue weighted by Gasteiger charge is 2.41. The zero-order valence-corrected chi connectivity index (χ0v) is 16.9. The molecule has 2 atom stereocenters. The van der Waals surface area contributed by atoms with Gasteiger partial charge in [-0.1, -0.05) is 19.1 Å². The lowest BCUT2D eigenvalue weighted by Crippen LogP contribution is -2.47. The van der Waals surface area contributed by atoms with Crippen molar-refractivity contribution in [2.45, 2.75) is 38.6 Å². The normalized spacial score (nSPS) is 25.8. The fraction of sp³-hybridized carbons (Fsp3) is 0.375. The number of para-hydroxylation sites is 1. The Labute approximate surface area is 174 Å². The van der Waals surface area contributed by atoms with E-state index in [4.69, 9.17) is 9.97 Å². The zero-order valence-electron chi connectivity index (χ0n) is 16.9. The summed E-state index contributed by atoms with van der Waals surface area (Å²) < 4.78 is 13.9. The van der Waals surface area contributed by atoms with Crippen molar-refractivity contribution in [2.24, 2.45) is 17.8 Å². The molecule has 0 radical (unpaired) electrons. The van der Waals surface area contributed by atoms with Crippen LogP contribution in [0.3, 0.4) is 0 Å². The zero-order chi connectivity index (χ0) is 20.2. The highest BCUT2D eigenvalue weighted by molar-refractivity contribution is 5.95. The van der Waals surface area contributed by atoms with Crippen molar-refractivity contribution in [2.75, 3.05) is 5.32 Å². The maximum Gasteiger partial charge on any atom is 0.164 e. The molecule has 3 fully saturated rings. The molecule has 2 unspecified atom stereocenters. The van der Waals surface area contributed by atoms with Crippen molar-refractivity contribution in [3.63, 3.8) is 0 Å². The molecule has 3 aromatic heterocycles. The Morgan fingerprint density at radius 3 is 2.67 bits per heavy atom. The molecule has 4 aromatic rings. The number of anilines is 1. The molecule has 2 N–H and O–H groups in total. The summed E-state index contributed by atoms with van der Waals surface area (Å²) in [4.78, 5) is 17.0. The summed E-state index contributed by atoms with van der Waals surface area (Å²) in [5.41, 5.74) is 2.29. The smallest absolute Gasteiger partial charge is 0.164 e. The Balaban J connectivity index is 1.48. The molecule has 2 bridgehead atoms. The topological polar surface area (TPSA) is 66.5 Å². The molecule has 0 amide bonds. The number of fused-ring (bicyclic) bond motifs is 5. The lowest BCUT2D eigenvalue weighted by Gasteiger charge is -2.47. The quantitative estimate of drug-likeness (QED) is 0.472. The number of H-pyrrole nitrogens is 1. The van der Waals surface area contributed by atoms with Crippen molar-refractivity contribution >= 4 is 27.8 Å². The summed E-state index contributed by atoms with van der Waals surface area (Å²) in [5.74, 6) is 3.24. The Morgan fingerprint density at radius 1 is 1.03 bits per heavy atom. The molecule has 3 saturated carbocycles. The molecule has 3 aliphatic carbocycles. The second-order valence-electron chi connectivity index (χ2n) is 8.87. The first-order valence-corrected chi connectivity index (χ1v) is 10.8. The Hall–Kier alpha value is -3.02. The van der Waals surface area contributed by atoms with Crippen LogP contribution in [0.1, 0.15) is 32.6 Å². The molecule has 7 rings (SSSR count). The van der Waals surface area contributed by atoms with Gasteiger partial charge in [0.1, 0.15) is 17.3 Å². The molecule has 0 aliphatic heterocycles. The predicted molar refractivity (Wildman–Crippen MR) is 117 cm³/mol. The van der Waals surface area contributed by atoms with Gasteiger partial charge in [-0.25, -0.2) is 19.3 Å². The second-order valence-corrected chi connectivity index (χ2v) is 8.87. The number of hydrogen-bond acceptors (Lipinski definition) is 4. The van der Waals surface area contributed by atoms with Crippen molar-refractivity contribution in [3.05, 3.63) is 48.5 Å². The predicted octanol–water partition coefficient (Wildman–Crippen LogP) is 5.55. The molecule has 5 nitrogen and oxygen atoms in total. The van der Waals surface area contributed by atoms with Gasteiger partial charge in [-0.3, -0.25) is 0 Å². The fourth-order valence-corrected chi connectivity index (χ4v) is 5.63. The van der Waals surface area contributed by atoms with Crippen LogP contribution in [0.5, 0.6) is 0 Å². The molecule has 3 heterocycles. The summed E-state index contributed by atoms with van der Waals surface area (Å²) in [5, 5.41) is 5.54. The van der Waals surface area contributed by atoms with E-state index in [-0.39, 0.29) is 5.82 Å². The van der Waals surface area contributed by atoms with E-state index < -0.39 is 0 Å². The number of aromatic nitrogens is 4. The van der Waals surface area contributed by atoms with Gasteiger partial charge < -0.3 is 10.3 Å². The van der Waals surface area contributed by atoms with Crippen molar-refractivity contribution < 1.29 is 4.39 Å². The van der Waals surface area contributed by atoms with E-state index in [0.717, 1.165) is 28.2 Å². The van der Waals surface area contributed by atoms with Crippen LogP contribution >= 0.6 is 0 Å². The number of pyridine rings is 1. The van der Waals surface area contributed by atoms with Gasteiger partial charge in [-0.2, -0.15) is 0 Å². The highest BCUT2D eigenvalue weighted by Crippen LogP contribution is 2.46. The van der Waals surface area contributed by atoms with Crippen LogP contribution in [0.25, 0.3) is 33.3 Å². The minimum atomic E-state index is -0.366. The first kappa shape index (κ1) is 17.8. The molecular weight excluding hydrogens is 377 g/mol. The van der Waals surface area contributed by atoms with Crippen LogP contribution in [0.4, 0.5) is 10.2 Å². The highest BCUT2D eigenvalue weighted by atomic mass is 19.1. The third-order valence-corrected chi connectivity index (χ3v) is 7.28. The number of benzene rings is 1. The first-order valence-electron chi connectivity index (χ1n) is 10.8. The summed E-state index contributed by atoms with van der Waals surface area (Å²) in [6.45, 7) is 2.38. The third-order valence-electron chi connectivity index (χ3n) is 7.28. The van der Waals surface area contributed by atoms with Crippen LogP contribution in [-0.2, 0) is 0 Å². The van der Waals surface area contributed by atoms with Gasteiger partial charge in [0, 0.05) is 28.6 Å². The van der Waals surface area contributed by atoms with Gasteiger partial charge in [0.2, 0.25) is 0 Å². The van der Waals surface area contributed by atoms with E-state index in [1.807, 2.05) is 24.4 Å². The van der Waals surface area contributed by atoms with E-state index in [9.17, 15) is 4.39 Å². The van der Waals surface area contributed by atoms with Crippen LogP contribution in [0.15, 0.2) is 42.7 Å². The maximum atomic E-state index is 13.9. The molecule has 0 saturated heterocycles. The van der Waals surface area contributed by atoms with Gasteiger partial charge >= 0.3 is 0 Å². The maximum absolute atomic E-state index is 13.9. The monoisotopic (exact) mass is 401 g/mol. The Bertz CT molecular complexity index is 1240. The van der Waals surface area contributed by atoms with E-state index in [2.05, 4.69) is 28.3 Å². The van der Waals surface area contributed by atoms with Crippen molar-refractivity contribution in [1.29, 1.82) is 0 Å². The lowest BCUT2D eigenvalue weighted by molar-refractivity contribution is 0.0929. The molecule has 1 aromatic carbocycles. The van der Waals surface area contributed by atoms with Crippen LogP contribution in [0, 0.1) is 23.6 Å². The molecule has 3 aliphatic rings. The molecule has 152 valence electrons. The van der Waals surface area contributed by atoms with Gasteiger partial charge in [-0.15, -0.1) is 0 Å². The van der Waals surface area contributed by atoms with E-state index >= 15 is 0 Å². The number of halogens is 1. The van der Waals surface area contributed by atoms with Gasteiger partial charge in [0.25, 0.3) is 0 Å². The van der Waals surface area contributed by atoms with E-state index in [1.165, 1.54) is 37.9 Å². The summed E-state index contributed by atoms with van der Waals surface area (Å²) in [6.07, 6.45) is 8.35. The summed E-state index contributed by atoms with van der Waals surface area (Å²) >= 11 is 0. The van der Waals surface area contributed by atoms with E-state index in [0.29, 0.717) is 34.7 Å². The Kier molecular flexibility index (Phi) is 4.01. The minimum absolute atomic E-state index is 0.366. The summed E-state index contributed by atoms with van der Waals surface area (Å²) in [7, 11) is 0. The largest absolute Gasteiger partial charge is 0.366 e. The van der Waals surface area contributed by atoms with Gasteiger partial charge in [0.05, 0.1) is 11.7 Å². The molecule has 6 heteroatoms. The first-order chi connectivity index (χ1) is 14.7. The van der Waals surface area contributed by atoms with Crippen molar-refractivity contribution in [3.8, 4) is 11.4 Å². The number of nitrogens with one attached hydrogen (secondary N) is 2. The number of aromatic amines is 1. The van der Waals surface area contributed by atoms with Crippen LogP contribution < -0.4 is 5.32 Å². The lowest BCUT2D eigenvalue weighted by atomic mass is 9.62. The minimum Gasteiger partial charge on any atom is -0.366 e. The standard InChI is InChI=1S/C24H24FN5/c1-13-14-6-8-15(9-7-14)21(13)29-23-17-4-2-3-5-20(17)28-24(30-23)19-12-27-22-18(19)10-16(25)11-26-22/h2-5,10-15,21H,6-9H2,1H3,(H,26,27)(H,28,29,30). The SMILES string of the molecule is CC1C2CCC(CC2)C1Nc1nc(-c2c[nH]c3ncc(F)cc23)nc2ccccc12. The fourth-order valence-electron chi connectivity index (χ4n) is 5.63. The van der Waals surface area contributed by atoms with E-state index in [1.54, 1.807) is 0 Å². The second kappa shape index (κ2) is 6.76. The molecular formula is C24H24FN5. The van der Waals surface area contributed by atoms with Gasteiger partial charge in [-0.05, 0) is 61.6 Å². The van der Waals surface area contributed by atoms with Crippen LogP contribution in [0.2, 0.25) is 0 Å². The molecule has 0 spiro atoms. The number of nitrogens with zero attached hydrogens (tertiary/aromatic N) is 3. The Morgan fingerprint density at radius 2 is 1.83 bits per heavy atom. The number of hydrogen-bond donors (Lipinski definition) is 2. The average molecular weight is 401 g/mol. The number of rotatable bonds is 3. The third kappa shape index (κ3) is 2.77. The van der Waals surface area contributed by atoms with Crippen molar-refractivity contribution in [1.82, 2.24) is 19.9 Å².